The zero-order valence-electron chi connectivity index (χ0n) is 15.9. The molecule has 1 N–H and O–H groups in total. The minimum absolute atomic E-state index is 0.00789. The minimum Gasteiger partial charge on any atom is -0.619 e. The summed E-state index contributed by atoms with van der Waals surface area (Å²) in [6.45, 7) is 8.91. The highest BCUT2D eigenvalue weighted by Crippen LogP contribution is 2.33. The number of anilines is 1. The molecular formula is C21H14F3N3O4. The van der Waals surface area contributed by atoms with Crippen molar-refractivity contribution in [1.29, 1.82) is 0 Å². The number of hydrogen-bond donors (Lipinski definition) is 1. The third-order valence-electron chi connectivity index (χ3n) is 3.98. The highest BCUT2D eigenvalue weighted by Gasteiger charge is 2.31. The fourth-order valence-corrected chi connectivity index (χ4v) is 2.62. The SMILES string of the molecule is [C-]#[N+]c1cc(C(=O)Nc2ccc[n+]([O-])c2)c(Oc2ccc(OC(F)(F)F)cc2)cc1C. The van der Waals surface area contributed by atoms with Gasteiger partial charge in [0.15, 0.2) is 11.9 Å². The second kappa shape index (κ2) is 8.62. The van der Waals surface area contributed by atoms with Crippen molar-refractivity contribution in [2.75, 3.05) is 5.32 Å². The predicted octanol–water partition coefficient (Wildman–Crippen LogP) is 5.12. The normalized spacial score (nSPS) is 10.8. The first kappa shape index (κ1) is 21.4. The molecule has 0 bridgehead atoms. The van der Waals surface area contributed by atoms with E-state index in [1.165, 1.54) is 42.6 Å². The lowest BCUT2D eigenvalue weighted by Crippen LogP contribution is -2.25. The molecule has 0 atom stereocenters. The minimum atomic E-state index is -4.82. The van der Waals surface area contributed by atoms with Crippen LogP contribution < -0.4 is 19.5 Å². The van der Waals surface area contributed by atoms with Gasteiger partial charge < -0.3 is 20.0 Å². The number of benzene rings is 2. The third-order valence-corrected chi connectivity index (χ3v) is 3.98. The molecule has 0 aliphatic rings. The average Bonchev–Trinajstić information content (AvgIpc) is 2.68. The van der Waals surface area contributed by atoms with E-state index in [1.54, 1.807) is 6.92 Å². The van der Waals surface area contributed by atoms with Crippen LogP contribution in [0.4, 0.5) is 24.5 Å². The molecule has 0 fully saturated rings. The monoisotopic (exact) mass is 429 g/mol. The van der Waals surface area contributed by atoms with E-state index in [0.29, 0.717) is 10.3 Å². The molecule has 0 radical (unpaired) electrons. The van der Waals surface area contributed by atoms with Gasteiger partial charge in [-0.05, 0) is 55.0 Å². The summed E-state index contributed by atoms with van der Waals surface area (Å²) in [5, 5.41) is 13.9. The highest BCUT2D eigenvalue weighted by molar-refractivity contribution is 6.07. The first-order chi connectivity index (χ1) is 14.6. The number of hydrogen-bond acceptors (Lipinski definition) is 4. The molecule has 0 spiro atoms. The summed E-state index contributed by atoms with van der Waals surface area (Å²) >= 11 is 0. The van der Waals surface area contributed by atoms with Crippen molar-refractivity contribution in [1.82, 2.24) is 0 Å². The fraction of sp³-hybridized carbons (Fsp3) is 0.0952. The number of aromatic nitrogens is 1. The lowest BCUT2D eigenvalue weighted by Gasteiger charge is -2.14. The van der Waals surface area contributed by atoms with Crippen molar-refractivity contribution in [2.45, 2.75) is 13.3 Å². The summed E-state index contributed by atoms with van der Waals surface area (Å²) in [6.07, 6.45) is -2.42. The van der Waals surface area contributed by atoms with Crippen LogP contribution >= 0.6 is 0 Å². The molecule has 7 nitrogen and oxygen atoms in total. The second-order valence-corrected chi connectivity index (χ2v) is 6.27. The Morgan fingerprint density at radius 1 is 1.16 bits per heavy atom. The summed E-state index contributed by atoms with van der Waals surface area (Å²) in [7, 11) is 0. The van der Waals surface area contributed by atoms with Gasteiger partial charge in [-0.25, -0.2) is 4.85 Å². The van der Waals surface area contributed by atoms with Gasteiger partial charge in [-0.1, -0.05) is 0 Å². The molecule has 0 aliphatic carbocycles. The molecule has 0 saturated carbocycles. The van der Waals surface area contributed by atoms with Crippen LogP contribution in [0.5, 0.6) is 17.2 Å². The lowest BCUT2D eigenvalue weighted by molar-refractivity contribution is -0.604. The van der Waals surface area contributed by atoms with Gasteiger partial charge in [0.05, 0.1) is 12.1 Å². The van der Waals surface area contributed by atoms with E-state index < -0.39 is 18.0 Å². The van der Waals surface area contributed by atoms with Crippen LogP contribution in [0, 0.1) is 18.7 Å². The second-order valence-electron chi connectivity index (χ2n) is 6.27. The van der Waals surface area contributed by atoms with Crippen molar-refractivity contribution < 1.29 is 32.2 Å². The zero-order valence-corrected chi connectivity index (χ0v) is 15.9. The van der Waals surface area contributed by atoms with Gasteiger partial charge >= 0.3 is 6.36 Å². The van der Waals surface area contributed by atoms with Crippen LogP contribution in [-0.4, -0.2) is 12.3 Å². The van der Waals surface area contributed by atoms with Gasteiger partial charge in [-0.2, -0.15) is 4.73 Å². The average molecular weight is 429 g/mol. The molecule has 31 heavy (non-hydrogen) atoms. The van der Waals surface area contributed by atoms with Crippen LogP contribution in [0.25, 0.3) is 4.85 Å². The number of halogens is 3. The molecule has 2 aromatic carbocycles. The standard InChI is InChI=1S/C21H14F3N3O4/c1-13-10-19(30-15-5-7-16(8-6-15)31-21(22,23)24)17(11-18(13)25-2)20(28)26-14-4-3-9-27(29)12-14/h3-12H,1H3,(H,26,28). The quantitative estimate of drug-likeness (QED) is 0.347. The number of carbonyl (C=O) groups excluding carboxylic acids is 1. The summed E-state index contributed by atoms with van der Waals surface area (Å²) < 4.78 is 46.9. The largest absolute Gasteiger partial charge is 0.619 e. The maximum atomic E-state index is 12.8. The van der Waals surface area contributed by atoms with E-state index >= 15 is 0 Å². The first-order valence-electron chi connectivity index (χ1n) is 8.70. The summed E-state index contributed by atoms with van der Waals surface area (Å²) in [6, 6.07) is 10.4. The number of rotatable bonds is 5. The van der Waals surface area contributed by atoms with Gasteiger partial charge in [0.2, 0.25) is 6.20 Å². The van der Waals surface area contributed by atoms with E-state index in [1.807, 2.05) is 0 Å². The van der Waals surface area contributed by atoms with E-state index in [4.69, 9.17) is 11.3 Å². The zero-order chi connectivity index (χ0) is 22.6. The number of ether oxygens (including phenoxy) is 2. The van der Waals surface area contributed by atoms with Gasteiger partial charge in [-0.3, -0.25) is 4.79 Å². The van der Waals surface area contributed by atoms with E-state index in [-0.39, 0.29) is 28.4 Å². The van der Waals surface area contributed by atoms with Gasteiger partial charge in [0.25, 0.3) is 5.91 Å². The maximum Gasteiger partial charge on any atom is 0.573 e. The molecule has 10 heteroatoms. The van der Waals surface area contributed by atoms with Crippen molar-refractivity contribution in [3.63, 3.8) is 0 Å². The van der Waals surface area contributed by atoms with E-state index in [0.717, 1.165) is 18.3 Å². The van der Waals surface area contributed by atoms with Gasteiger partial charge in [0.1, 0.15) is 22.9 Å². The number of nitrogens with one attached hydrogen (secondary N) is 1. The van der Waals surface area contributed by atoms with Gasteiger partial charge in [0, 0.05) is 6.07 Å². The number of amides is 1. The summed E-state index contributed by atoms with van der Waals surface area (Å²) in [5.74, 6) is -0.830. The Bertz CT molecular complexity index is 1160. The Morgan fingerprint density at radius 2 is 1.84 bits per heavy atom. The van der Waals surface area contributed by atoms with Crippen molar-refractivity contribution in [2.24, 2.45) is 0 Å². The van der Waals surface area contributed by atoms with E-state index in [2.05, 4.69) is 14.9 Å². The number of nitrogens with zero attached hydrogens (tertiary/aromatic N) is 2. The maximum absolute atomic E-state index is 12.8. The molecule has 0 unspecified atom stereocenters. The number of aryl methyl sites for hydroxylation is 1. The molecule has 0 aliphatic heterocycles. The number of alkyl halides is 3. The van der Waals surface area contributed by atoms with E-state index in [9.17, 15) is 23.2 Å². The first-order valence-corrected chi connectivity index (χ1v) is 8.70. The molecule has 3 rings (SSSR count). The van der Waals surface area contributed by atoms with Crippen molar-refractivity contribution in [3.8, 4) is 17.2 Å². The van der Waals surface area contributed by atoms with Crippen LogP contribution in [0.15, 0.2) is 60.9 Å². The Morgan fingerprint density at radius 3 is 2.45 bits per heavy atom. The molecule has 1 heterocycles. The molecule has 1 amide bonds. The smallest absolute Gasteiger partial charge is 0.573 e. The fourth-order valence-electron chi connectivity index (χ4n) is 2.62. The molecular weight excluding hydrogens is 415 g/mol. The Kier molecular flexibility index (Phi) is 5.97. The number of carbonyl (C=O) groups is 1. The Balaban J connectivity index is 1.90. The van der Waals surface area contributed by atoms with Crippen LogP contribution in [0.2, 0.25) is 0 Å². The van der Waals surface area contributed by atoms with Crippen molar-refractivity contribution in [3.05, 3.63) is 88.7 Å². The molecule has 1 aromatic heterocycles. The lowest BCUT2D eigenvalue weighted by atomic mass is 10.1. The Labute approximate surface area is 174 Å². The third kappa shape index (κ3) is 5.63. The Hall–Kier alpha value is -4.26. The van der Waals surface area contributed by atoms with Crippen LogP contribution in [0.1, 0.15) is 15.9 Å². The highest BCUT2D eigenvalue weighted by atomic mass is 19.4. The number of pyridine rings is 1. The summed E-state index contributed by atoms with van der Waals surface area (Å²) in [4.78, 5) is 16.1. The predicted molar refractivity (Wildman–Crippen MR) is 104 cm³/mol. The molecule has 0 saturated heterocycles. The van der Waals surface area contributed by atoms with Gasteiger partial charge in [-0.15, -0.1) is 13.2 Å². The van der Waals surface area contributed by atoms with Crippen molar-refractivity contribution >= 4 is 17.3 Å². The van der Waals surface area contributed by atoms with Crippen LogP contribution in [-0.2, 0) is 0 Å². The molecule has 3 aromatic rings. The molecule has 158 valence electrons. The topological polar surface area (TPSA) is 78.9 Å². The van der Waals surface area contributed by atoms with Crippen LogP contribution in [0.3, 0.4) is 0 Å². The summed E-state index contributed by atoms with van der Waals surface area (Å²) in [5.41, 5.74) is 0.995.